The fourth-order valence-corrected chi connectivity index (χ4v) is 11.6. The lowest BCUT2D eigenvalue weighted by Crippen LogP contribution is -2.37. The van der Waals surface area contributed by atoms with Gasteiger partial charge in [-0.25, -0.2) is 0 Å². The fraction of sp³-hybridized carbons (Fsp3) is 0.333. The van der Waals surface area contributed by atoms with Crippen LogP contribution in [0.2, 0.25) is 0 Å². The van der Waals surface area contributed by atoms with Crippen molar-refractivity contribution in [2.75, 3.05) is 0 Å². The molecule has 0 heterocycles. The highest BCUT2D eigenvalue weighted by Gasteiger charge is 2.58. The molecule has 0 aromatic carbocycles. The summed E-state index contributed by atoms with van der Waals surface area (Å²) in [6.07, 6.45) is 42.7. The molecule has 0 nitrogen and oxygen atoms in total. The topological polar surface area (TPSA) is 0 Å². The Morgan fingerprint density at radius 2 is 0.680 bits per heavy atom. The molecule has 0 aliphatic heterocycles. The molecular formula is C24H28P+. The van der Waals surface area contributed by atoms with E-state index < -0.39 is 7.26 Å². The van der Waals surface area contributed by atoms with E-state index in [1.807, 2.05) is 0 Å². The molecule has 0 aromatic heterocycles. The Labute approximate surface area is 153 Å². The van der Waals surface area contributed by atoms with Gasteiger partial charge in [0.2, 0.25) is 0 Å². The van der Waals surface area contributed by atoms with E-state index >= 15 is 0 Å². The van der Waals surface area contributed by atoms with Crippen molar-refractivity contribution < 1.29 is 0 Å². The Kier molecular flexibility index (Phi) is 5.18. The van der Waals surface area contributed by atoms with Gasteiger partial charge in [0.1, 0.15) is 0 Å². The van der Waals surface area contributed by atoms with Crippen molar-refractivity contribution >= 4 is 7.26 Å². The van der Waals surface area contributed by atoms with Gasteiger partial charge in [0.05, 0.1) is 22.6 Å². The van der Waals surface area contributed by atoms with Crippen molar-refractivity contribution in [1.29, 1.82) is 0 Å². The van der Waals surface area contributed by atoms with Crippen LogP contribution in [0.1, 0.15) is 25.7 Å². The smallest absolute Gasteiger partial charge is 0.0803 e. The van der Waals surface area contributed by atoms with Crippen LogP contribution in [0, 0.1) is 0 Å². The monoisotopic (exact) mass is 347 g/mol. The maximum Gasteiger partial charge on any atom is 0.0931 e. The highest BCUT2D eigenvalue weighted by molar-refractivity contribution is 7.79. The summed E-state index contributed by atoms with van der Waals surface area (Å²) < 4.78 is 0. The van der Waals surface area contributed by atoms with Crippen LogP contribution in [-0.2, 0) is 0 Å². The van der Waals surface area contributed by atoms with Crippen molar-refractivity contribution in [3.63, 3.8) is 0 Å². The highest BCUT2D eigenvalue weighted by Crippen LogP contribution is 2.78. The predicted molar refractivity (Wildman–Crippen MR) is 114 cm³/mol. The minimum Gasteiger partial charge on any atom is -0.0803 e. The van der Waals surface area contributed by atoms with Gasteiger partial charge in [0, 0.05) is 32.9 Å². The lowest BCUT2D eigenvalue weighted by atomic mass is 10.1. The summed E-state index contributed by atoms with van der Waals surface area (Å²) in [4.78, 5) is 0. The molecule has 1 heteroatoms. The quantitative estimate of drug-likeness (QED) is 0.506. The van der Waals surface area contributed by atoms with Gasteiger partial charge in [-0.3, -0.25) is 0 Å². The second-order valence-corrected chi connectivity index (χ2v) is 11.8. The molecule has 4 unspecified atom stereocenters. The van der Waals surface area contributed by atoms with Crippen molar-refractivity contribution in [3.8, 4) is 0 Å². The van der Waals surface area contributed by atoms with E-state index in [-0.39, 0.29) is 0 Å². The zero-order chi connectivity index (χ0) is 17.0. The van der Waals surface area contributed by atoms with E-state index in [1.165, 1.54) is 25.7 Å². The third-order valence-corrected chi connectivity index (χ3v) is 12.3. The molecule has 0 amide bonds. The van der Waals surface area contributed by atoms with Gasteiger partial charge >= 0.3 is 0 Å². The SMILES string of the molecule is C1=CCC([P+](C2C=CC=CC2)(C2C=CC=CC2)C2C=CC=CC2)C=C1. The van der Waals surface area contributed by atoms with Gasteiger partial charge < -0.3 is 0 Å². The Bertz CT molecular complexity index is 585. The maximum atomic E-state index is 2.54. The second kappa shape index (κ2) is 7.71. The van der Waals surface area contributed by atoms with Crippen molar-refractivity contribution in [2.45, 2.75) is 48.3 Å². The van der Waals surface area contributed by atoms with Crippen LogP contribution < -0.4 is 0 Å². The van der Waals surface area contributed by atoms with Gasteiger partial charge in [0.15, 0.2) is 0 Å². The third kappa shape index (κ3) is 3.13. The molecule has 0 spiro atoms. The summed E-state index contributed by atoms with van der Waals surface area (Å²) in [6, 6.07) is 0. The zero-order valence-corrected chi connectivity index (χ0v) is 15.7. The van der Waals surface area contributed by atoms with E-state index in [0.29, 0.717) is 22.6 Å². The zero-order valence-electron chi connectivity index (χ0n) is 14.8. The van der Waals surface area contributed by atoms with Crippen LogP contribution in [0.4, 0.5) is 0 Å². The summed E-state index contributed by atoms with van der Waals surface area (Å²) in [6.45, 7) is 0. The first-order valence-corrected chi connectivity index (χ1v) is 11.7. The van der Waals surface area contributed by atoms with Crippen LogP contribution in [0.25, 0.3) is 0 Å². The van der Waals surface area contributed by atoms with E-state index in [1.54, 1.807) is 0 Å². The first-order chi connectivity index (χ1) is 12.4. The van der Waals surface area contributed by atoms with Crippen molar-refractivity contribution in [1.82, 2.24) is 0 Å². The largest absolute Gasteiger partial charge is 0.0931 e. The maximum absolute atomic E-state index is 2.54. The average Bonchev–Trinajstić information content (AvgIpc) is 2.72. The average molecular weight is 347 g/mol. The molecule has 0 bridgehead atoms. The molecule has 4 atom stereocenters. The summed E-state index contributed by atoms with van der Waals surface area (Å²) in [5.41, 5.74) is 2.78. The number of hydrogen-bond donors (Lipinski definition) is 0. The van der Waals surface area contributed by atoms with Crippen LogP contribution in [0.5, 0.6) is 0 Å². The Balaban J connectivity index is 1.83. The molecule has 4 aliphatic rings. The number of rotatable bonds is 4. The molecule has 0 saturated heterocycles. The lowest BCUT2D eigenvalue weighted by Gasteiger charge is -2.47. The molecule has 0 aromatic rings. The molecule has 4 aliphatic carbocycles. The van der Waals surface area contributed by atoms with E-state index in [2.05, 4.69) is 97.2 Å². The summed E-state index contributed by atoms with van der Waals surface area (Å²) in [7, 11) is -1.35. The minimum atomic E-state index is -1.35. The van der Waals surface area contributed by atoms with Crippen LogP contribution in [0.3, 0.4) is 0 Å². The first-order valence-electron chi connectivity index (χ1n) is 9.63. The van der Waals surface area contributed by atoms with Gasteiger partial charge in [-0.15, -0.1) is 0 Å². The molecule has 128 valence electrons. The molecular weight excluding hydrogens is 319 g/mol. The van der Waals surface area contributed by atoms with Crippen LogP contribution in [-0.4, -0.2) is 22.6 Å². The Hall–Kier alpha value is -1.65. The summed E-state index contributed by atoms with van der Waals surface area (Å²) in [5.74, 6) is 0. The Morgan fingerprint density at radius 1 is 0.400 bits per heavy atom. The van der Waals surface area contributed by atoms with E-state index in [0.717, 1.165) is 0 Å². The second-order valence-electron chi connectivity index (χ2n) is 7.36. The standard InChI is InChI=1S/C24H28P/c1-5-13-21(14-6-1)25(22-15-7-2-8-16-22,23-17-9-3-10-18-23)24-19-11-4-12-20-24/h1-13,15,17,19,21-24H,14,16,18,20H2/q+1. The number of hydrogen-bond acceptors (Lipinski definition) is 0. The summed E-state index contributed by atoms with van der Waals surface area (Å²) in [5, 5.41) is 0. The lowest BCUT2D eigenvalue weighted by molar-refractivity contribution is 0.845. The van der Waals surface area contributed by atoms with Gasteiger partial charge in [-0.05, 0) is 24.3 Å². The van der Waals surface area contributed by atoms with Crippen LogP contribution >= 0.6 is 7.26 Å². The molecule has 25 heavy (non-hydrogen) atoms. The van der Waals surface area contributed by atoms with E-state index in [4.69, 9.17) is 0 Å². The third-order valence-electron chi connectivity index (χ3n) is 6.13. The van der Waals surface area contributed by atoms with Crippen LogP contribution in [0.15, 0.2) is 97.2 Å². The predicted octanol–water partition coefficient (Wildman–Crippen LogP) is 6.54. The van der Waals surface area contributed by atoms with Gasteiger partial charge in [-0.1, -0.05) is 72.9 Å². The molecule has 4 rings (SSSR count). The Morgan fingerprint density at radius 3 is 0.880 bits per heavy atom. The molecule has 0 saturated carbocycles. The highest BCUT2D eigenvalue weighted by atomic mass is 31.2. The minimum absolute atomic E-state index is 0.695. The first kappa shape index (κ1) is 16.8. The number of allylic oxidation sites excluding steroid dienone is 16. The fourth-order valence-electron chi connectivity index (χ4n) is 5.07. The molecule has 0 fully saturated rings. The van der Waals surface area contributed by atoms with Crippen molar-refractivity contribution in [2.24, 2.45) is 0 Å². The van der Waals surface area contributed by atoms with E-state index in [9.17, 15) is 0 Å². The summed E-state index contributed by atoms with van der Waals surface area (Å²) >= 11 is 0. The normalized spacial score (nSPS) is 35.2. The van der Waals surface area contributed by atoms with Crippen molar-refractivity contribution in [3.05, 3.63) is 97.2 Å². The molecule has 0 N–H and O–H groups in total. The van der Waals surface area contributed by atoms with Gasteiger partial charge in [-0.2, -0.15) is 0 Å². The van der Waals surface area contributed by atoms with Gasteiger partial charge in [0.25, 0.3) is 0 Å². The molecule has 0 radical (unpaired) electrons.